The number of hydrazine groups is 1. The number of hydrogen-bond acceptors (Lipinski definition) is 3. The molecule has 3 nitrogen and oxygen atoms in total. The molecule has 1 aliphatic rings. The van der Waals surface area contributed by atoms with Gasteiger partial charge in [-0.05, 0) is 30.4 Å². The van der Waals surface area contributed by atoms with E-state index in [0.29, 0.717) is 0 Å². The summed E-state index contributed by atoms with van der Waals surface area (Å²) in [7, 11) is 0. The van der Waals surface area contributed by atoms with Crippen molar-refractivity contribution in [3.63, 3.8) is 0 Å². The van der Waals surface area contributed by atoms with Gasteiger partial charge in [-0.15, -0.1) is 0 Å². The summed E-state index contributed by atoms with van der Waals surface area (Å²) in [6.07, 6.45) is 7.29. The van der Waals surface area contributed by atoms with Crippen molar-refractivity contribution in [2.45, 2.75) is 31.6 Å². The molecule has 1 fully saturated rings. The fraction of sp³-hybridized carbons (Fsp3) is 0.500. The highest BCUT2D eigenvalue weighted by Gasteiger charge is 2.16. The first-order chi connectivity index (χ1) is 6.40. The van der Waals surface area contributed by atoms with Crippen LogP contribution >= 0.6 is 0 Å². The number of nitrogens with one attached hydrogen (secondary N) is 1. The summed E-state index contributed by atoms with van der Waals surface area (Å²) in [6.45, 7) is 0. The van der Waals surface area contributed by atoms with Crippen LogP contribution in [0.5, 0.6) is 0 Å². The summed E-state index contributed by atoms with van der Waals surface area (Å²) in [5.41, 5.74) is 3.89. The average Bonchev–Trinajstić information content (AvgIpc) is 2.71. The van der Waals surface area contributed by atoms with Gasteiger partial charge in [0, 0.05) is 6.20 Å². The molecule has 1 aromatic heterocycles. The van der Waals surface area contributed by atoms with Crippen molar-refractivity contribution in [2.24, 2.45) is 5.84 Å². The summed E-state index contributed by atoms with van der Waals surface area (Å²) < 4.78 is 0. The summed E-state index contributed by atoms with van der Waals surface area (Å²) in [5, 5.41) is 0. The summed E-state index contributed by atoms with van der Waals surface area (Å²) in [6, 6.07) is 4.06. The molecule has 1 saturated carbocycles. The lowest BCUT2D eigenvalue weighted by atomic mass is 10.00. The first-order valence-corrected chi connectivity index (χ1v) is 4.83. The first kappa shape index (κ1) is 8.51. The summed E-state index contributed by atoms with van der Waals surface area (Å²) in [5.74, 6) is 6.71. The SMILES string of the molecule is NNc1ccc(C2CCCC2)cn1. The van der Waals surface area contributed by atoms with Crippen LogP contribution in [0.3, 0.4) is 0 Å². The van der Waals surface area contributed by atoms with E-state index in [1.807, 2.05) is 12.3 Å². The molecular weight excluding hydrogens is 162 g/mol. The zero-order valence-corrected chi connectivity index (χ0v) is 7.66. The Morgan fingerprint density at radius 1 is 1.31 bits per heavy atom. The van der Waals surface area contributed by atoms with Gasteiger partial charge in [-0.25, -0.2) is 10.8 Å². The number of nitrogen functional groups attached to an aromatic ring is 1. The van der Waals surface area contributed by atoms with E-state index in [1.54, 1.807) is 0 Å². The monoisotopic (exact) mass is 177 g/mol. The molecule has 0 unspecified atom stereocenters. The normalized spacial score (nSPS) is 17.6. The van der Waals surface area contributed by atoms with Crippen molar-refractivity contribution >= 4 is 5.82 Å². The molecule has 0 bridgehead atoms. The van der Waals surface area contributed by atoms with Crippen LogP contribution in [-0.4, -0.2) is 4.98 Å². The molecule has 13 heavy (non-hydrogen) atoms. The summed E-state index contributed by atoms with van der Waals surface area (Å²) in [4.78, 5) is 4.21. The van der Waals surface area contributed by atoms with Gasteiger partial charge in [0.05, 0.1) is 0 Å². The second-order valence-electron chi connectivity index (χ2n) is 3.60. The zero-order valence-electron chi connectivity index (χ0n) is 7.66. The molecule has 0 spiro atoms. The summed E-state index contributed by atoms with van der Waals surface area (Å²) >= 11 is 0. The van der Waals surface area contributed by atoms with Crippen LogP contribution in [0.2, 0.25) is 0 Å². The van der Waals surface area contributed by atoms with Crippen LogP contribution in [-0.2, 0) is 0 Å². The van der Waals surface area contributed by atoms with Crippen molar-refractivity contribution < 1.29 is 0 Å². The standard InChI is InChI=1S/C10H15N3/c11-13-10-6-5-9(7-12-10)8-3-1-2-4-8/h5-8H,1-4,11H2,(H,12,13). The molecule has 0 aromatic carbocycles. The number of nitrogens with two attached hydrogens (primary N) is 1. The molecule has 0 atom stereocenters. The molecule has 0 saturated heterocycles. The lowest BCUT2D eigenvalue weighted by Crippen LogP contribution is -2.08. The third-order valence-electron chi connectivity index (χ3n) is 2.76. The Bertz CT molecular complexity index is 262. The van der Waals surface area contributed by atoms with Gasteiger partial charge in [0.1, 0.15) is 5.82 Å². The maximum absolute atomic E-state index is 5.24. The predicted octanol–water partition coefficient (Wildman–Crippen LogP) is 2.02. The van der Waals surface area contributed by atoms with E-state index in [4.69, 9.17) is 5.84 Å². The fourth-order valence-electron chi connectivity index (χ4n) is 1.99. The maximum Gasteiger partial charge on any atom is 0.139 e. The second-order valence-corrected chi connectivity index (χ2v) is 3.60. The van der Waals surface area contributed by atoms with E-state index in [0.717, 1.165) is 11.7 Å². The molecule has 0 radical (unpaired) electrons. The van der Waals surface area contributed by atoms with E-state index in [9.17, 15) is 0 Å². The van der Waals surface area contributed by atoms with Crippen LogP contribution in [0.25, 0.3) is 0 Å². The largest absolute Gasteiger partial charge is 0.308 e. The van der Waals surface area contributed by atoms with Crippen LogP contribution in [0, 0.1) is 0 Å². The highest BCUT2D eigenvalue weighted by Crippen LogP contribution is 2.33. The molecule has 1 heterocycles. The molecule has 1 aromatic rings. The number of rotatable bonds is 2. The highest BCUT2D eigenvalue weighted by atomic mass is 15.2. The number of hydrogen-bond donors (Lipinski definition) is 2. The molecule has 3 N–H and O–H groups in total. The van der Waals surface area contributed by atoms with Gasteiger partial charge in [-0.2, -0.15) is 0 Å². The molecule has 1 aliphatic carbocycles. The van der Waals surface area contributed by atoms with Gasteiger partial charge >= 0.3 is 0 Å². The van der Waals surface area contributed by atoms with Crippen molar-refractivity contribution in [3.8, 4) is 0 Å². The lowest BCUT2D eigenvalue weighted by molar-refractivity contribution is 0.719. The van der Waals surface area contributed by atoms with Crippen molar-refractivity contribution in [1.82, 2.24) is 4.98 Å². The average molecular weight is 177 g/mol. The molecule has 2 rings (SSSR count). The Kier molecular flexibility index (Phi) is 2.45. The zero-order chi connectivity index (χ0) is 9.10. The quantitative estimate of drug-likeness (QED) is 0.536. The predicted molar refractivity (Wildman–Crippen MR) is 53.3 cm³/mol. The highest BCUT2D eigenvalue weighted by molar-refractivity contribution is 5.34. The van der Waals surface area contributed by atoms with Gasteiger partial charge in [-0.3, -0.25) is 0 Å². The number of pyridine rings is 1. The number of aromatic nitrogens is 1. The van der Waals surface area contributed by atoms with E-state index in [2.05, 4.69) is 16.5 Å². The van der Waals surface area contributed by atoms with Gasteiger partial charge in [0.25, 0.3) is 0 Å². The van der Waals surface area contributed by atoms with Gasteiger partial charge in [0.2, 0.25) is 0 Å². The van der Waals surface area contributed by atoms with Crippen LogP contribution in [0.4, 0.5) is 5.82 Å². The van der Waals surface area contributed by atoms with E-state index in [-0.39, 0.29) is 0 Å². The minimum absolute atomic E-state index is 0.735. The van der Waals surface area contributed by atoms with E-state index in [1.165, 1.54) is 31.2 Å². The van der Waals surface area contributed by atoms with Gasteiger partial charge in [0.15, 0.2) is 0 Å². The molecule has 0 amide bonds. The van der Waals surface area contributed by atoms with Crippen molar-refractivity contribution in [1.29, 1.82) is 0 Å². The molecule has 3 heteroatoms. The minimum atomic E-state index is 0.735. The smallest absolute Gasteiger partial charge is 0.139 e. The van der Waals surface area contributed by atoms with Crippen molar-refractivity contribution in [2.75, 3.05) is 5.43 Å². The second kappa shape index (κ2) is 3.75. The Labute approximate surface area is 78.3 Å². The van der Waals surface area contributed by atoms with Crippen LogP contribution < -0.4 is 11.3 Å². The van der Waals surface area contributed by atoms with Crippen LogP contribution in [0.1, 0.15) is 37.2 Å². The van der Waals surface area contributed by atoms with E-state index >= 15 is 0 Å². The molecular formula is C10H15N3. The topological polar surface area (TPSA) is 50.9 Å². The Morgan fingerprint density at radius 3 is 2.62 bits per heavy atom. The van der Waals surface area contributed by atoms with Gasteiger partial charge in [-0.1, -0.05) is 18.9 Å². The number of anilines is 1. The Balaban J connectivity index is 2.12. The molecule has 70 valence electrons. The third-order valence-corrected chi connectivity index (χ3v) is 2.76. The van der Waals surface area contributed by atoms with E-state index < -0.39 is 0 Å². The van der Waals surface area contributed by atoms with Gasteiger partial charge < -0.3 is 5.43 Å². The van der Waals surface area contributed by atoms with Crippen molar-refractivity contribution in [3.05, 3.63) is 23.9 Å². The number of nitrogens with zero attached hydrogens (tertiary/aromatic N) is 1. The molecule has 0 aliphatic heterocycles. The first-order valence-electron chi connectivity index (χ1n) is 4.83. The Morgan fingerprint density at radius 2 is 2.08 bits per heavy atom. The Hall–Kier alpha value is -1.09. The van der Waals surface area contributed by atoms with Crippen LogP contribution in [0.15, 0.2) is 18.3 Å². The fourth-order valence-corrected chi connectivity index (χ4v) is 1.99. The lowest BCUT2D eigenvalue weighted by Gasteiger charge is -2.08. The maximum atomic E-state index is 5.24. The third kappa shape index (κ3) is 1.80. The minimum Gasteiger partial charge on any atom is -0.308 e.